The second kappa shape index (κ2) is 7.64. The summed E-state index contributed by atoms with van der Waals surface area (Å²) in [7, 11) is 0. The van der Waals surface area contributed by atoms with Gasteiger partial charge in [-0.2, -0.15) is 0 Å². The van der Waals surface area contributed by atoms with Crippen LogP contribution in [-0.4, -0.2) is 36.8 Å². The number of carbonyl (C=O) groups excluding carboxylic acids is 1. The standard InChI is InChI=1S/C12H14ClIN2O2.ClH/c13-9-2-1-7(3-10(9)14)12(18)16-5-8-4-15-6-11(8)17;/h1-3,8,11,15,17H,4-6H2,(H,16,18);1H. The Bertz CT molecular complexity index is 459. The first kappa shape index (κ1) is 17.0. The van der Waals surface area contributed by atoms with E-state index in [4.69, 9.17) is 11.6 Å². The van der Waals surface area contributed by atoms with E-state index in [0.717, 1.165) is 10.1 Å². The molecule has 0 aromatic heterocycles. The van der Waals surface area contributed by atoms with Gasteiger partial charge in [0.15, 0.2) is 0 Å². The number of aliphatic hydroxyl groups excluding tert-OH is 1. The molecule has 7 heteroatoms. The molecule has 1 fully saturated rings. The largest absolute Gasteiger partial charge is 0.391 e. The molecule has 1 saturated heterocycles. The Hall–Kier alpha value is -0.0800. The van der Waals surface area contributed by atoms with E-state index in [1.807, 2.05) is 0 Å². The summed E-state index contributed by atoms with van der Waals surface area (Å²) in [6, 6.07) is 5.16. The summed E-state index contributed by atoms with van der Waals surface area (Å²) in [5.74, 6) is -0.0518. The van der Waals surface area contributed by atoms with Crippen LogP contribution in [-0.2, 0) is 0 Å². The van der Waals surface area contributed by atoms with Crippen molar-refractivity contribution in [3.63, 3.8) is 0 Å². The molecule has 2 atom stereocenters. The van der Waals surface area contributed by atoms with Crippen LogP contribution in [0.15, 0.2) is 18.2 Å². The molecule has 0 bridgehead atoms. The number of hydrogen-bond donors (Lipinski definition) is 3. The Balaban J connectivity index is 0.00000180. The fourth-order valence-corrected chi connectivity index (χ4v) is 2.52. The lowest BCUT2D eigenvalue weighted by atomic mass is 10.1. The zero-order valence-corrected chi connectivity index (χ0v) is 13.8. The number of rotatable bonds is 3. The van der Waals surface area contributed by atoms with Crippen molar-refractivity contribution in [3.05, 3.63) is 32.4 Å². The summed E-state index contributed by atoms with van der Waals surface area (Å²) in [6.07, 6.45) is -0.379. The van der Waals surface area contributed by atoms with Crippen LogP contribution in [0.3, 0.4) is 0 Å². The van der Waals surface area contributed by atoms with E-state index in [9.17, 15) is 9.90 Å². The first-order valence-electron chi connectivity index (χ1n) is 5.70. The molecule has 19 heavy (non-hydrogen) atoms. The minimum Gasteiger partial charge on any atom is -0.391 e. The van der Waals surface area contributed by atoms with Gasteiger partial charge in [-0.3, -0.25) is 4.79 Å². The van der Waals surface area contributed by atoms with Gasteiger partial charge in [-0.15, -0.1) is 12.4 Å². The number of β-amino-alcohol motifs (C(OH)–C–C–N with tert-alkyl or cyclic N) is 1. The Kier molecular flexibility index (Phi) is 6.82. The van der Waals surface area contributed by atoms with Gasteiger partial charge >= 0.3 is 0 Å². The zero-order valence-electron chi connectivity index (χ0n) is 10.0. The van der Waals surface area contributed by atoms with E-state index in [2.05, 4.69) is 33.2 Å². The van der Waals surface area contributed by atoms with Gasteiger partial charge in [0.2, 0.25) is 0 Å². The number of hydrogen-bond acceptors (Lipinski definition) is 3. The summed E-state index contributed by atoms with van der Waals surface area (Å²) in [4.78, 5) is 11.9. The molecule has 106 valence electrons. The van der Waals surface area contributed by atoms with Gasteiger partial charge in [-0.05, 0) is 40.8 Å². The molecule has 0 radical (unpaired) electrons. The van der Waals surface area contributed by atoms with Gasteiger partial charge in [0.1, 0.15) is 0 Å². The van der Waals surface area contributed by atoms with Crippen LogP contribution in [0.25, 0.3) is 0 Å². The molecule has 1 aliphatic heterocycles. The molecule has 4 nitrogen and oxygen atoms in total. The van der Waals surface area contributed by atoms with E-state index in [-0.39, 0.29) is 30.3 Å². The molecular weight excluding hydrogens is 402 g/mol. The van der Waals surface area contributed by atoms with Crippen molar-refractivity contribution in [2.45, 2.75) is 6.10 Å². The predicted octanol–water partition coefficient (Wildman–Crippen LogP) is 1.68. The maximum atomic E-state index is 11.9. The third-order valence-corrected chi connectivity index (χ3v) is 4.55. The molecule has 0 spiro atoms. The first-order valence-corrected chi connectivity index (χ1v) is 7.15. The van der Waals surface area contributed by atoms with Gasteiger partial charge in [0.25, 0.3) is 5.91 Å². The Morgan fingerprint density at radius 3 is 2.84 bits per heavy atom. The van der Waals surface area contributed by atoms with Crippen molar-refractivity contribution in [1.29, 1.82) is 0 Å². The highest BCUT2D eigenvalue weighted by atomic mass is 127. The van der Waals surface area contributed by atoms with Crippen molar-refractivity contribution in [3.8, 4) is 0 Å². The normalized spacial score (nSPS) is 21.8. The maximum absolute atomic E-state index is 11.9. The second-order valence-electron chi connectivity index (χ2n) is 4.32. The summed E-state index contributed by atoms with van der Waals surface area (Å²) in [5.41, 5.74) is 0.587. The van der Waals surface area contributed by atoms with Gasteiger partial charge in [-0.1, -0.05) is 11.6 Å². The van der Waals surface area contributed by atoms with Crippen LogP contribution in [0.1, 0.15) is 10.4 Å². The average Bonchev–Trinajstić information content (AvgIpc) is 2.75. The highest BCUT2D eigenvalue weighted by Gasteiger charge is 2.25. The molecule has 2 unspecified atom stereocenters. The van der Waals surface area contributed by atoms with E-state index < -0.39 is 0 Å². The third-order valence-electron chi connectivity index (χ3n) is 3.01. The summed E-state index contributed by atoms with van der Waals surface area (Å²) in [5, 5.41) is 16.2. The number of benzene rings is 1. The molecule has 2 rings (SSSR count). The SMILES string of the molecule is Cl.O=C(NCC1CNCC1O)c1ccc(Cl)c(I)c1. The smallest absolute Gasteiger partial charge is 0.251 e. The summed E-state index contributed by atoms with van der Waals surface area (Å²) >= 11 is 8.00. The summed E-state index contributed by atoms with van der Waals surface area (Å²) in [6.45, 7) is 1.81. The van der Waals surface area contributed by atoms with Gasteiger partial charge in [-0.25, -0.2) is 0 Å². The van der Waals surface area contributed by atoms with E-state index >= 15 is 0 Å². The molecule has 0 aliphatic carbocycles. The van der Waals surface area contributed by atoms with Crippen LogP contribution in [0, 0.1) is 9.49 Å². The molecular formula is C12H15Cl2IN2O2. The average molecular weight is 417 g/mol. The zero-order chi connectivity index (χ0) is 13.1. The van der Waals surface area contributed by atoms with E-state index in [0.29, 0.717) is 23.7 Å². The third kappa shape index (κ3) is 4.46. The molecule has 1 heterocycles. The van der Waals surface area contributed by atoms with Gasteiger partial charge in [0.05, 0.1) is 11.1 Å². The van der Waals surface area contributed by atoms with Crippen LogP contribution >= 0.6 is 46.6 Å². The predicted molar refractivity (Wildman–Crippen MR) is 86.1 cm³/mol. The topological polar surface area (TPSA) is 61.4 Å². The van der Waals surface area contributed by atoms with Crippen LogP contribution in [0.4, 0.5) is 0 Å². The Labute approximate surface area is 136 Å². The van der Waals surface area contributed by atoms with Gasteiger partial charge < -0.3 is 15.7 Å². The molecule has 3 N–H and O–H groups in total. The van der Waals surface area contributed by atoms with Crippen molar-refractivity contribution in [1.82, 2.24) is 10.6 Å². The molecule has 0 saturated carbocycles. The van der Waals surface area contributed by atoms with Crippen molar-refractivity contribution < 1.29 is 9.90 Å². The van der Waals surface area contributed by atoms with Crippen LogP contribution < -0.4 is 10.6 Å². The van der Waals surface area contributed by atoms with Gasteiger partial charge in [0, 0.05) is 34.7 Å². The number of aliphatic hydroxyl groups is 1. The lowest BCUT2D eigenvalue weighted by Crippen LogP contribution is -2.34. The van der Waals surface area contributed by atoms with Crippen LogP contribution in [0.5, 0.6) is 0 Å². The van der Waals surface area contributed by atoms with Crippen LogP contribution in [0.2, 0.25) is 5.02 Å². The fourth-order valence-electron chi connectivity index (χ4n) is 1.89. The molecule has 1 amide bonds. The molecule has 1 aromatic rings. The highest BCUT2D eigenvalue weighted by Crippen LogP contribution is 2.19. The highest BCUT2D eigenvalue weighted by molar-refractivity contribution is 14.1. The number of carbonyl (C=O) groups is 1. The number of nitrogens with one attached hydrogen (secondary N) is 2. The Morgan fingerprint density at radius 2 is 2.26 bits per heavy atom. The van der Waals surface area contributed by atoms with Crippen molar-refractivity contribution in [2.75, 3.05) is 19.6 Å². The number of amides is 1. The minimum atomic E-state index is -0.379. The minimum absolute atomic E-state index is 0. The number of halogens is 3. The molecule has 1 aliphatic rings. The van der Waals surface area contributed by atoms with E-state index in [1.165, 1.54) is 0 Å². The fraction of sp³-hybridized carbons (Fsp3) is 0.417. The monoisotopic (exact) mass is 416 g/mol. The van der Waals surface area contributed by atoms with Crippen molar-refractivity contribution in [2.24, 2.45) is 5.92 Å². The lowest BCUT2D eigenvalue weighted by Gasteiger charge is -2.14. The lowest BCUT2D eigenvalue weighted by molar-refractivity contribution is 0.0927. The Morgan fingerprint density at radius 1 is 1.53 bits per heavy atom. The quantitative estimate of drug-likeness (QED) is 0.657. The maximum Gasteiger partial charge on any atom is 0.251 e. The van der Waals surface area contributed by atoms with E-state index in [1.54, 1.807) is 18.2 Å². The second-order valence-corrected chi connectivity index (χ2v) is 5.89. The van der Waals surface area contributed by atoms with Crippen molar-refractivity contribution >= 4 is 52.5 Å². The summed E-state index contributed by atoms with van der Waals surface area (Å²) < 4.78 is 0.851. The molecule has 1 aromatic carbocycles. The first-order chi connectivity index (χ1) is 8.58.